The summed E-state index contributed by atoms with van der Waals surface area (Å²) in [6.45, 7) is 5.37. The number of methoxy groups -OCH3 is 2. The summed E-state index contributed by atoms with van der Waals surface area (Å²) in [5.41, 5.74) is 2.71. The van der Waals surface area contributed by atoms with Crippen molar-refractivity contribution < 1.29 is 19.0 Å². The summed E-state index contributed by atoms with van der Waals surface area (Å²) < 4.78 is 16.4. The molecule has 0 radical (unpaired) electrons. The fraction of sp³-hybridized carbons (Fsp3) is 0.400. The minimum atomic E-state index is -0.460. The number of fused-ring (bicyclic) bond motifs is 1. The van der Waals surface area contributed by atoms with Crippen LogP contribution in [0.4, 0.5) is 16.3 Å². The van der Waals surface area contributed by atoms with Crippen LogP contribution in [0, 0.1) is 0 Å². The molecular weight excluding hydrogens is 420 g/mol. The highest BCUT2D eigenvalue weighted by molar-refractivity contribution is 5.92. The Labute approximate surface area is 193 Å². The van der Waals surface area contributed by atoms with E-state index >= 15 is 0 Å². The maximum Gasteiger partial charge on any atom is 0.411 e. The van der Waals surface area contributed by atoms with Gasteiger partial charge in [0.2, 0.25) is 0 Å². The van der Waals surface area contributed by atoms with E-state index in [1.165, 1.54) is 5.56 Å². The molecule has 1 aliphatic rings. The van der Waals surface area contributed by atoms with Gasteiger partial charge in [0.15, 0.2) is 11.5 Å². The Morgan fingerprint density at radius 3 is 2.55 bits per heavy atom. The van der Waals surface area contributed by atoms with E-state index < -0.39 is 6.09 Å². The van der Waals surface area contributed by atoms with Crippen molar-refractivity contribution in [1.82, 2.24) is 9.97 Å². The van der Waals surface area contributed by atoms with Crippen LogP contribution >= 0.6 is 0 Å². The Morgan fingerprint density at radius 2 is 1.85 bits per heavy atom. The molecule has 0 spiro atoms. The van der Waals surface area contributed by atoms with Crippen LogP contribution in [-0.4, -0.2) is 49.5 Å². The van der Waals surface area contributed by atoms with E-state index in [1.807, 2.05) is 36.4 Å². The summed E-state index contributed by atoms with van der Waals surface area (Å²) >= 11 is 0. The van der Waals surface area contributed by atoms with E-state index in [2.05, 4.69) is 34.0 Å². The highest BCUT2D eigenvalue weighted by atomic mass is 16.5. The van der Waals surface area contributed by atoms with Crippen molar-refractivity contribution in [3.05, 3.63) is 48.3 Å². The maximum atomic E-state index is 12.4. The molecule has 174 valence electrons. The molecule has 1 atom stereocenters. The number of hydrogen-bond acceptors (Lipinski definition) is 7. The van der Waals surface area contributed by atoms with E-state index in [1.54, 1.807) is 20.5 Å². The van der Waals surface area contributed by atoms with Gasteiger partial charge in [0.1, 0.15) is 18.8 Å². The average Bonchev–Trinajstić information content (AvgIpc) is 3.30. The van der Waals surface area contributed by atoms with Gasteiger partial charge in [-0.25, -0.2) is 14.8 Å². The van der Waals surface area contributed by atoms with Crippen molar-refractivity contribution in [1.29, 1.82) is 0 Å². The molecule has 0 saturated carbocycles. The van der Waals surface area contributed by atoms with Crippen molar-refractivity contribution in [2.45, 2.75) is 38.6 Å². The molecule has 8 heteroatoms. The SMILES string of the molecule is COc1cc2ncnc(N3CCCC3COC(=O)Nc3ccc(C(C)C)cc3)c2cc1OC. The molecule has 8 nitrogen and oxygen atoms in total. The Kier molecular flexibility index (Phi) is 6.82. The Bertz CT molecular complexity index is 1120. The molecule has 1 fully saturated rings. The van der Waals surface area contributed by atoms with Crippen LogP contribution in [0.5, 0.6) is 11.5 Å². The number of nitrogens with one attached hydrogen (secondary N) is 1. The molecule has 2 aromatic carbocycles. The second-order valence-corrected chi connectivity index (χ2v) is 8.41. The molecule has 1 amide bonds. The van der Waals surface area contributed by atoms with Crippen LogP contribution in [0.25, 0.3) is 10.9 Å². The standard InChI is InChI=1S/C25H30N4O4/c1-16(2)17-7-9-18(10-8-17)28-25(30)33-14-19-6-5-11-29(19)24-20-12-22(31-3)23(32-4)13-21(20)26-15-27-24/h7-10,12-13,15-16,19H,5-6,11,14H2,1-4H3,(H,28,30). The summed E-state index contributed by atoms with van der Waals surface area (Å²) in [7, 11) is 3.21. The number of carbonyl (C=O) groups excluding carboxylic acids is 1. The van der Waals surface area contributed by atoms with Gasteiger partial charge in [-0.1, -0.05) is 26.0 Å². The summed E-state index contributed by atoms with van der Waals surface area (Å²) in [6, 6.07) is 11.6. The number of carbonyl (C=O) groups is 1. The van der Waals surface area contributed by atoms with Crippen LogP contribution in [0.15, 0.2) is 42.7 Å². The van der Waals surface area contributed by atoms with Gasteiger partial charge in [-0.15, -0.1) is 0 Å². The molecule has 1 unspecified atom stereocenters. The Hall–Kier alpha value is -3.55. The van der Waals surface area contributed by atoms with Crippen LogP contribution < -0.4 is 19.7 Å². The lowest BCUT2D eigenvalue weighted by Crippen LogP contribution is -2.35. The maximum absolute atomic E-state index is 12.4. The van der Waals surface area contributed by atoms with Crippen molar-refractivity contribution in [2.75, 3.05) is 37.6 Å². The lowest BCUT2D eigenvalue weighted by atomic mass is 10.0. The van der Waals surface area contributed by atoms with Crippen LogP contribution in [0.1, 0.15) is 38.2 Å². The summed E-state index contributed by atoms with van der Waals surface area (Å²) in [4.78, 5) is 23.5. The predicted molar refractivity (Wildman–Crippen MR) is 129 cm³/mol. The largest absolute Gasteiger partial charge is 0.493 e. The minimum absolute atomic E-state index is 0.0327. The molecule has 4 rings (SSSR count). The zero-order chi connectivity index (χ0) is 23.4. The third kappa shape index (κ3) is 4.94. The smallest absolute Gasteiger partial charge is 0.411 e. The Balaban J connectivity index is 1.46. The molecule has 1 saturated heterocycles. The molecular formula is C25H30N4O4. The second kappa shape index (κ2) is 9.94. The molecule has 33 heavy (non-hydrogen) atoms. The first-order valence-corrected chi connectivity index (χ1v) is 11.2. The topological polar surface area (TPSA) is 85.8 Å². The van der Waals surface area contributed by atoms with Crippen molar-refractivity contribution in [2.24, 2.45) is 0 Å². The van der Waals surface area contributed by atoms with E-state index in [4.69, 9.17) is 14.2 Å². The van der Waals surface area contributed by atoms with E-state index in [0.717, 1.165) is 41.8 Å². The number of anilines is 2. The lowest BCUT2D eigenvalue weighted by molar-refractivity contribution is 0.154. The van der Waals surface area contributed by atoms with Gasteiger partial charge in [0.25, 0.3) is 0 Å². The van der Waals surface area contributed by atoms with Crippen LogP contribution in [-0.2, 0) is 4.74 Å². The van der Waals surface area contributed by atoms with Crippen molar-refractivity contribution >= 4 is 28.5 Å². The molecule has 1 aromatic heterocycles. The van der Waals surface area contributed by atoms with Crippen LogP contribution in [0.2, 0.25) is 0 Å². The number of amides is 1. The summed E-state index contributed by atoms with van der Waals surface area (Å²) in [6.07, 6.45) is 2.99. The summed E-state index contributed by atoms with van der Waals surface area (Å²) in [5, 5.41) is 3.68. The van der Waals surface area contributed by atoms with Gasteiger partial charge in [-0.2, -0.15) is 0 Å². The first-order chi connectivity index (χ1) is 16.0. The first-order valence-electron chi connectivity index (χ1n) is 11.2. The van der Waals surface area contributed by atoms with Gasteiger partial charge in [-0.05, 0) is 42.5 Å². The lowest BCUT2D eigenvalue weighted by Gasteiger charge is -2.26. The fourth-order valence-electron chi connectivity index (χ4n) is 4.16. The number of hydrogen-bond donors (Lipinski definition) is 1. The second-order valence-electron chi connectivity index (χ2n) is 8.41. The normalized spacial score (nSPS) is 15.7. The quantitative estimate of drug-likeness (QED) is 0.543. The predicted octanol–water partition coefficient (Wildman–Crippen LogP) is 4.99. The highest BCUT2D eigenvalue weighted by Crippen LogP contribution is 2.36. The van der Waals surface area contributed by atoms with E-state index in [-0.39, 0.29) is 12.6 Å². The monoisotopic (exact) mass is 450 g/mol. The molecule has 1 aliphatic heterocycles. The number of nitrogens with zero attached hydrogens (tertiary/aromatic N) is 3. The van der Waals surface area contributed by atoms with Gasteiger partial charge in [0, 0.05) is 23.7 Å². The average molecular weight is 451 g/mol. The zero-order valence-electron chi connectivity index (χ0n) is 19.5. The number of rotatable bonds is 7. The highest BCUT2D eigenvalue weighted by Gasteiger charge is 2.29. The molecule has 3 aromatic rings. The molecule has 0 aliphatic carbocycles. The van der Waals surface area contributed by atoms with Gasteiger partial charge >= 0.3 is 6.09 Å². The van der Waals surface area contributed by atoms with Gasteiger partial charge in [0.05, 0.1) is 25.8 Å². The van der Waals surface area contributed by atoms with Gasteiger partial charge < -0.3 is 19.1 Å². The number of aromatic nitrogens is 2. The van der Waals surface area contributed by atoms with E-state index in [9.17, 15) is 4.79 Å². The van der Waals surface area contributed by atoms with Crippen molar-refractivity contribution in [3.63, 3.8) is 0 Å². The van der Waals surface area contributed by atoms with Gasteiger partial charge in [-0.3, -0.25) is 5.32 Å². The number of benzene rings is 2. The first kappa shape index (κ1) is 22.6. The fourth-order valence-corrected chi connectivity index (χ4v) is 4.16. The Morgan fingerprint density at radius 1 is 1.12 bits per heavy atom. The molecule has 1 N–H and O–H groups in total. The molecule has 2 heterocycles. The zero-order valence-corrected chi connectivity index (χ0v) is 19.5. The van der Waals surface area contributed by atoms with Crippen molar-refractivity contribution in [3.8, 4) is 11.5 Å². The molecule has 0 bridgehead atoms. The van der Waals surface area contributed by atoms with E-state index in [0.29, 0.717) is 17.4 Å². The summed E-state index contributed by atoms with van der Waals surface area (Å²) in [5.74, 6) is 2.49. The minimum Gasteiger partial charge on any atom is -0.493 e. The third-order valence-electron chi connectivity index (χ3n) is 6.00. The third-order valence-corrected chi connectivity index (χ3v) is 6.00. The number of ether oxygens (including phenoxy) is 3. The van der Waals surface area contributed by atoms with Crippen LogP contribution in [0.3, 0.4) is 0 Å².